The molecule has 1 aromatic carbocycles. The van der Waals surface area contributed by atoms with Crippen molar-refractivity contribution in [1.82, 2.24) is 10.2 Å². The van der Waals surface area contributed by atoms with E-state index in [9.17, 15) is 13.2 Å². The van der Waals surface area contributed by atoms with Crippen molar-refractivity contribution >= 4 is 21.4 Å². The average molecular weight is 281 g/mol. The molecule has 0 saturated carbocycles. The summed E-state index contributed by atoms with van der Waals surface area (Å²) in [5, 5.41) is 9.29. The van der Waals surface area contributed by atoms with Crippen LogP contribution in [0.1, 0.15) is 6.92 Å². The van der Waals surface area contributed by atoms with Crippen LogP contribution in [0.3, 0.4) is 0 Å². The lowest BCUT2D eigenvalue weighted by molar-refractivity contribution is -0.114. The number of nitrogens with one attached hydrogen (secondary N) is 1. The van der Waals surface area contributed by atoms with Crippen molar-refractivity contribution in [2.75, 3.05) is 11.6 Å². The molecule has 0 radical (unpaired) electrons. The SMILES string of the molecule is CC(=O)Nc1cccc(-c2nnc(S(C)(=O)=O)o2)c1. The molecule has 0 spiro atoms. The third kappa shape index (κ3) is 3.16. The highest BCUT2D eigenvalue weighted by atomic mass is 32.2. The molecule has 7 nitrogen and oxygen atoms in total. The second-order valence-corrected chi connectivity index (χ2v) is 5.80. The van der Waals surface area contributed by atoms with Gasteiger partial charge in [0.15, 0.2) is 0 Å². The maximum atomic E-state index is 11.2. The summed E-state index contributed by atoms with van der Waals surface area (Å²) >= 11 is 0. The van der Waals surface area contributed by atoms with Gasteiger partial charge in [-0.1, -0.05) is 11.2 Å². The molecule has 1 heterocycles. The lowest BCUT2D eigenvalue weighted by Crippen LogP contribution is -2.05. The summed E-state index contributed by atoms with van der Waals surface area (Å²) in [7, 11) is -3.53. The van der Waals surface area contributed by atoms with Crippen LogP contribution in [0.5, 0.6) is 0 Å². The van der Waals surface area contributed by atoms with Crippen LogP contribution < -0.4 is 5.32 Å². The number of amides is 1. The van der Waals surface area contributed by atoms with Gasteiger partial charge in [-0.2, -0.15) is 0 Å². The van der Waals surface area contributed by atoms with Gasteiger partial charge >= 0.3 is 5.22 Å². The summed E-state index contributed by atoms with van der Waals surface area (Å²) in [6.07, 6.45) is 0.984. The highest BCUT2D eigenvalue weighted by Crippen LogP contribution is 2.22. The van der Waals surface area contributed by atoms with Crippen LogP contribution in [0, 0.1) is 0 Å². The summed E-state index contributed by atoms with van der Waals surface area (Å²) in [5.74, 6) is -0.132. The summed E-state index contributed by atoms with van der Waals surface area (Å²) in [6, 6.07) is 6.66. The van der Waals surface area contributed by atoms with Crippen molar-refractivity contribution in [3.8, 4) is 11.5 Å². The van der Waals surface area contributed by atoms with Crippen LogP contribution in [0.2, 0.25) is 0 Å². The van der Waals surface area contributed by atoms with E-state index in [1.54, 1.807) is 24.3 Å². The Morgan fingerprint density at radius 3 is 2.63 bits per heavy atom. The van der Waals surface area contributed by atoms with Crippen LogP contribution >= 0.6 is 0 Å². The molecule has 2 rings (SSSR count). The summed E-state index contributed by atoms with van der Waals surface area (Å²) in [6.45, 7) is 1.39. The van der Waals surface area contributed by atoms with Crippen molar-refractivity contribution in [3.05, 3.63) is 24.3 Å². The van der Waals surface area contributed by atoms with Gasteiger partial charge in [-0.3, -0.25) is 4.79 Å². The minimum Gasteiger partial charge on any atom is -0.408 e. The molecule has 1 amide bonds. The number of sulfone groups is 1. The summed E-state index contributed by atoms with van der Waals surface area (Å²) in [5.41, 5.74) is 1.08. The van der Waals surface area contributed by atoms with Crippen molar-refractivity contribution in [1.29, 1.82) is 0 Å². The van der Waals surface area contributed by atoms with E-state index in [4.69, 9.17) is 4.42 Å². The van der Waals surface area contributed by atoms with Gasteiger partial charge in [-0.15, -0.1) is 5.10 Å². The minimum atomic E-state index is -3.53. The Morgan fingerprint density at radius 1 is 1.32 bits per heavy atom. The quantitative estimate of drug-likeness (QED) is 0.903. The van der Waals surface area contributed by atoms with Crippen LogP contribution in [-0.4, -0.2) is 30.8 Å². The minimum absolute atomic E-state index is 0.0765. The second kappa shape index (κ2) is 4.81. The topological polar surface area (TPSA) is 102 Å². The molecule has 0 aliphatic heterocycles. The highest BCUT2D eigenvalue weighted by molar-refractivity contribution is 7.90. The third-order valence-electron chi connectivity index (χ3n) is 2.15. The fourth-order valence-corrected chi connectivity index (χ4v) is 1.83. The van der Waals surface area contributed by atoms with Crippen LogP contribution in [0.4, 0.5) is 5.69 Å². The fraction of sp³-hybridized carbons (Fsp3) is 0.182. The molecular weight excluding hydrogens is 270 g/mol. The Morgan fingerprint density at radius 2 is 2.05 bits per heavy atom. The first kappa shape index (κ1) is 13.2. The zero-order valence-corrected chi connectivity index (χ0v) is 11.1. The maximum absolute atomic E-state index is 11.2. The van der Waals surface area contributed by atoms with E-state index in [1.165, 1.54) is 6.92 Å². The van der Waals surface area contributed by atoms with Gasteiger partial charge in [0.05, 0.1) is 0 Å². The van der Waals surface area contributed by atoms with Crippen LogP contribution in [0.25, 0.3) is 11.5 Å². The number of hydrogen-bond acceptors (Lipinski definition) is 6. The normalized spacial score (nSPS) is 11.3. The van der Waals surface area contributed by atoms with E-state index in [-0.39, 0.29) is 11.8 Å². The molecule has 0 fully saturated rings. The maximum Gasteiger partial charge on any atom is 0.335 e. The van der Waals surface area contributed by atoms with Crippen molar-refractivity contribution < 1.29 is 17.6 Å². The third-order valence-corrected chi connectivity index (χ3v) is 2.95. The molecule has 0 bridgehead atoms. The Kier molecular flexibility index (Phi) is 3.34. The molecule has 100 valence electrons. The largest absolute Gasteiger partial charge is 0.408 e. The molecule has 0 atom stereocenters. The van der Waals surface area contributed by atoms with Gasteiger partial charge in [-0.05, 0) is 18.2 Å². The second-order valence-electron chi connectivity index (χ2n) is 3.91. The smallest absolute Gasteiger partial charge is 0.335 e. The van der Waals surface area contributed by atoms with Crippen LogP contribution in [-0.2, 0) is 14.6 Å². The van der Waals surface area contributed by atoms with Gasteiger partial charge in [0.1, 0.15) is 0 Å². The predicted molar refractivity (Wildman–Crippen MR) is 67.1 cm³/mol. The molecule has 1 aromatic heterocycles. The predicted octanol–water partition coefficient (Wildman–Crippen LogP) is 1.10. The van der Waals surface area contributed by atoms with Crippen molar-refractivity contribution in [2.24, 2.45) is 0 Å². The standard InChI is InChI=1S/C11H11N3O4S/c1-7(15)12-9-5-3-4-8(6-9)10-13-14-11(18-10)19(2,16)17/h3-6H,1-2H3,(H,12,15). The van der Waals surface area contributed by atoms with Gasteiger partial charge < -0.3 is 9.73 Å². The number of carbonyl (C=O) groups is 1. The number of nitrogens with zero attached hydrogens (tertiary/aromatic N) is 2. The number of hydrogen-bond donors (Lipinski definition) is 1. The zero-order valence-electron chi connectivity index (χ0n) is 10.2. The fourth-order valence-electron chi connectivity index (χ4n) is 1.41. The number of rotatable bonds is 3. The number of anilines is 1. The zero-order chi connectivity index (χ0) is 14.0. The Balaban J connectivity index is 2.37. The lowest BCUT2D eigenvalue weighted by atomic mass is 10.2. The van der Waals surface area contributed by atoms with E-state index >= 15 is 0 Å². The molecular formula is C11H11N3O4S. The molecule has 0 aliphatic rings. The molecule has 0 saturated heterocycles. The monoisotopic (exact) mass is 281 g/mol. The molecule has 1 N–H and O–H groups in total. The van der Waals surface area contributed by atoms with Gasteiger partial charge in [0.2, 0.25) is 21.6 Å². The molecule has 0 aliphatic carbocycles. The average Bonchev–Trinajstić information content (AvgIpc) is 2.77. The van der Waals surface area contributed by atoms with E-state index in [0.29, 0.717) is 11.3 Å². The molecule has 8 heteroatoms. The Labute approximate surface area is 109 Å². The first-order valence-corrected chi connectivity index (χ1v) is 7.17. The number of aromatic nitrogens is 2. The highest BCUT2D eigenvalue weighted by Gasteiger charge is 2.17. The lowest BCUT2D eigenvalue weighted by Gasteiger charge is -2.02. The Bertz CT molecular complexity index is 721. The summed E-state index contributed by atoms with van der Waals surface area (Å²) in [4.78, 5) is 11.0. The van der Waals surface area contributed by atoms with E-state index in [2.05, 4.69) is 15.5 Å². The van der Waals surface area contributed by atoms with E-state index < -0.39 is 15.1 Å². The van der Waals surface area contributed by atoms with Crippen molar-refractivity contribution in [3.63, 3.8) is 0 Å². The van der Waals surface area contributed by atoms with Gasteiger partial charge in [0.25, 0.3) is 0 Å². The number of carbonyl (C=O) groups excluding carboxylic acids is 1. The van der Waals surface area contributed by atoms with Crippen LogP contribution in [0.15, 0.2) is 33.9 Å². The first-order valence-electron chi connectivity index (χ1n) is 5.28. The van der Waals surface area contributed by atoms with E-state index in [0.717, 1.165) is 6.26 Å². The van der Waals surface area contributed by atoms with Crippen molar-refractivity contribution in [2.45, 2.75) is 12.1 Å². The molecule has 2 aromatic rings. The Hall–Kier alpha value is -2.22. The molecule has 19 heavy (non-hydrogen) atoms. The first-order chi connectivity index (χ1) is 8.86. The van der Waals surface area contributed by atoms with Gasteiger partial charge in [0, 0.05) is 24.4 Å². The van der Waals surface area contributed by atoms with Gasteiger partial charge in [-0.25, -0.2) is 8.42 Å². The molecule has 0 unspecified atom stereocenters. The summed E-state index contributed by atoms with van der Waals surface area (Å²) < 4.78 is 27.5. The van der Waals surface area contributed by atoms with E-state index in [1.807, 2.05) is 0 Å². The number of benzene rings is 1.